The summed E-state index contributed by atoms with van der Waals surface area (Å²) in [7, 11) is 1.35. The van der Waals surface area contributed by atoms with Gasteiger partial charge in [0.25, 0.3) is 5.91 Å². The number of amides is 5. The SMILES string of the molecule is CC.COc1cc(NC(=O)Nc2nc(=O)n(C3OC(C)C(O)C3O)cc2F)c2c(c1)C(=O)N(C1CCC(=O)NC1=O)C2. The predicted molar refractivity (Wildman–Crippen MR) is 143 cm³/mol. The third-order valence-corrected chi connectivity index (χ3v) is 7.00. The number of hydrogen-bond donors (Lipinski definition) is 5. The summed E-state index contributed by atoms with van der Waals surface area (Å²) in [4.78, 5) is 67.1. The monoisotopic (exact) mass is 590 g/mol. The van der Waals surface area contributed by atoms with Crippen molar-refractivity contribution in [2.75, 3.05) is 17.7 Å². The summed E-state index contributed by atoms with van der Waals surface area (Å²) in [6.07, 6.45) is -4.12. The summed E-state index contributed by atoms with van der Waals surface area (Å²) >= 11 is 0. The second-order valence-electron chi connectivity index (χ2n) is 9.52. The van der Waals surface area contributed by atoms with E-state index in [4.69, 9.17) is 9.47 Å². The Balaban J connectivity index is 0.00000198. The molecule has 16 heteroatoms. The molecule has 0 radical (unpaired) electrons. The molecule has 5 amide bonds. The molecule has 0 aliphatic carbocycles. The molecule has 42 heavy (non-hydrogen) atoms. The molecule has 0 spiro atoms. The number of carbonyl (C=O) groups excluding carboxylic acids is 4. The van der Waals surface area contributed by atoms with Gasteiger partial charge in [0.15, 0.2) is 17.9 Å². The number of carbonyl (C=O) groups is 4. The van der Waals surface area contributed by atoms with Gasteiger partial charge in [-0.1, -0.05) is 13.8 Å². The highest BCUT2D eigenvalue weighted by Crippen LogP contribution is 2.36. The molecular weight excluding hydrogens is 559 g/mol. The Bertz CT molecular complexity index is 1480. The second kappa shape index (κ2) is 12.2. The molecule has 1 aromatic carbocycles. The largest absolute Gasteiger partial charge is 0.497 e. The first-order valence-electron chi connectivity index (χ1n) is 13.2. The number of nitrogens with zero attached hydrogens (tertiary/aromatic N) is 3. The number of anilines is 2. The number of rotatable bonds is 5. The lowest BCUT2D eigenvalue weighted by molar-refractivity contribution is -0.136. The maximum Gasteiger partial charge on any atom is 0.351 e. The van der Waals surface area contributed by atoms with Crippen LogP contribution in [0.5, 0.6) is 5.75 Å². The van der Waals surface area contributed by atoms with E-state index in [1.807, 2.05) is 13.8 Å². The third kappa shape index (κ3) is 5.68. The van der Waals surface area contributed by atoms with Gasteiger partial charge in [-0.05, 0) is 19.4 Å². The molecule has 226 valence electrons. The van der Waals surface area contributed by atoms with Crippen molar-refractivity contribution in [3.05, 3.63) is 45.8 Å². The van der Waals surface area contributed by atoms with E-state index in [0.29, 0.717) is 16.3 Å². The number of aliphatic hydroxyl groups excluding tert-OH is 2. The number of halogens is 1. The molecule has 5 N–H and O–H groups in total. The summed E-state index contributed by atoms with van der Waals surface area (Å²) < 4.78 is 26.0. The number of nitrogens with one attached hydrogen (secondary N) is 3. The molecule has 2 saturated heterocycles. The molecule has 3 aliphatic rings. The predicted octanol–water partition coefficient (Wildman–Crippen LogP) is 0.461. The van der Waals surface area contributed by atoms with Gasteiger partial charge in [0.1, 0.15) is 24.0 Å². The van der Waals surface area contributed by atoms with Crippen LogP contribution in [-0.4, -0.2) is 79.9 Å². The minimum absolute atomic E-state index is 0.0588. The van der Waals surface area contributed by atoms with Crippen LogP contribution >= 0.6 is 0 Å². The van der Waals surface area contributed by atoms with Crippen LogP contribution < -0.4 is 26.4 Å². The second-order valence-corrected chi connectivity index (χ2v) is 9.52. The number of imide groups is 1. The summed E-state index contributed by atoms with van der Waals surface area (Å²) in [6, 6.07) is 0.978. The van der Waals surface area contributed by atoms with Crippen molar-refractivity contribution in [3.63, 3.8) is 0 Å². The fourth-order valence-corrected chi connectivity index (χ4v) is 4.90. The van der Waals surface area contributed by atoms with Crippen LogP contribution in [0, 0.1) is 5.82 Å². The van der Waals surface area contributed by atoms with E-state index in [9.17, 15) is 38.6 Å². The minimum atomic E-state index is -1.51. The average Bonchev–Trinajstić information content (AvgIpc) is 3.42. The highest BCUT2D eigenvalue weighted by atomic mass is 19.1. The molecule has 1 aromatic heterocycles. The van der Waals surface area contributed by atoms with E-state index in [0.717, 1.165) is 0 Å². The number of urea groups is 1. The lowest BCUT2D eigenvalue weighted by Gasteiger charge is -2.29. The summed E-state index contributed by atoms with van der Waals surface area (Å²) in [5.74, 6) is -3.17. The first kappa shape index (κ1) is 30.5. The lowest BCUT2D eigenvalue weighted by atomic mass is 10.0. The van der Waals surface area contributed by atoms with E-state index in [2.05, 4.69) is 20.9 Å². The number of piperidine rings is 1. The van der Waals surface area contributed by atoms with Gasteiger partial charge in [0.05, 0.1) is 30.7 Å². The van der Waals surface area contributed by atoms with Gasteiger partial charge < -0.3 is 29.9 Å². The Labute approximate surface area is 238 Å². The van der Waals surface area contributed by atoms with Crippen molar-refractivity contribution >= 4 is 35.3 Å². The molecular formula is C26H31FN6O9. The van der Waals surface area contributed by atoms with E-state index in [-0.39, 0.29) is 36.4 Å². The van der Waals surface area contributed by atoms with Crippen molar-refractivity contribution in [3.8, 4) is 5.75 Å². The van der Waals surface area contributed by atoms with Crippen molar-refractivity contribution in [2.24, 2.45) is 0 Å². The van der Waals surface area contributed by atoms with Gasteiger partial charge in [0.2, 0.25) is 11.8 Å². The van der Waals surface area contributed by atoms with E-state index in [1.165, 1.54) is 31.1 Å². The number of aromatic nitrogens is 2. The zero-order valence-electron chi connectivity index (χ0n) is 23.2. The Morgan fingerprint density at radius 2 is 1.88 bits per heavy atom. The smallest absolute Gasteiger partial charge is 0.351 e. The standard InChI is InChI=1S/C24H25FN6O9.C2H6/c1-9-17(33)18(34)22(40-9)31-8-13(25)19(29-24(31)38)28-23(37)26-14-6-10(39-2)5-11-12(14)7-30(21(11)36)15-3-4-16(32)27-20(15)35;1-2/h5-6,8-9,15,17-18,22,33-34H,3-4,7H2,1-2H3,(H,27,32,35)(H2,26,28,29,37,38);1-2H3. The van der Waals surface area contributed by atoms with Crippen molar-refractivity contribution < 1.29 is 43.3 Å². The Hall–Kier alpha value is -4.41. The van der Waals surface area contributed by atoms with Crippen LogP contribution in [0.25, 0.3) is 0 Å². The molecule has 0 saturated carbocycles. The molecule has 5 rings (SSSR count). The molecule has 2 fully saturated rings. The van der Waals surface area contributed by atoms with E-state index >= 15 is 0 Å². The van der Waals surface area contributed by atoms with Gasteiger partial charge in [-0.3, -0.25) is 29.6 Å². The maximum absolute atomic E-state index is 14.8. The zero-order valence-corrected chi connectivity index (χ0v) is 23.2. The van der Waals surface area contributed by atoms with Gasteiger partial charge in [-0.15, -0.1) is 0 Å². The summed E-state index contributed by atoms with van der Waals surface area (Å²) in [5.41, 5.74) is -0.420. The van der Waals surface area contributed by atoms with Crippen molar-refractivity contribution in [2.45, 2.75) is 70.7 Å². The van der Waals surface area contributed by atoms with Crippen LogP contribution in [-0.2, 0) is 20.9 Å². The molecule has 5 unspecified atom stereocenters. The molecule has 3 aliphatic heterocycles. The van der Waals surface area contributed by atoms with Crippen molar-refractivity contribution in [1.29, 1.82) is 0 Å². The number of aliphatic hydroxyl groups is 2. The first-order chi connectivity index (χ1) is 20.0. The molecule has 4 heterocycles. The maximum atomic E-state index is 14.8. The highest BCUT2D eigenvalue weighted by molar-refractivity contribution is 6.08. The quantitative estimate of drug-likeness (QED) is 0.305. The highest BCUT2D eigenvalue weighted by Gasteiger charge is 2.42. The number of fused-ring (bicyclic) bond motifs is 1. The fraction of sp³-hybridized carbons (Fsp3) is 0.462. The minimum Gasteiger partial charge on any atom is -0.497 e. The summed E-state index contributed by atoms with van der Waals surface area (Å²) in [6.45, 7) is 5.41. The Kier molecular flexibility index (Phi) is 8.89. The van der Waals surface area contributed by atoms with Crippen LogP contribution in [0.1, 0.15) is 55.8 Å². The number of methoxy groups -OCH3 is 1. The van der Waals surface area contributed by atoms with E-state index < -0.39 is 71.7 Å². The molecule has 15 nitrogen and oxygen atoms in total. The topological polar surface area (TPSA) is 201 Å². The van der Waals surface area contributed by atoms with Gasteiger partial charge in [-0.2, -0.15) is 4.98 Å². The number of ether oxygens (including phenoxy) is 2. The van der Waals surface area contributed by atoms with Crippen LogP contribution in [0.2, 0.25) is 0 Å². The van der Waals surface area contributed by atoms with Gasteiger partial charge in [-0.25, -0.2) is 14.0 Å². The van der Waals surface area contributed by atoms with Crippen molar-refractivity contribution in [1.82, 2.24) is 19.8 Å². The lowest BCUT2D eigenvalue weighted by Crippen LogP contribution is -2.52. The van der Waals surface area contributed by atoms with Crippen LogP contribution in [0.3, 0.4) is 0 Å². The Morgan fingerprint density at radius 1 is 1.17 bits per heavy atom. The summed E-state index contributed by atoms with van der Waals surface area (Å²) in [5, 5.41) is 26.8. The normalized spacial score (nSPS) is 24.9. The molecule has 5 atom stereocenters. The first-order valence-corrected chi connectivity index (χ1v) is 13.2. The van der Waals surface area contributed by atoms with Crippen LogP contribution in [0.4, 0.5) is 20.7 Å². The van der Waals surface area contributed by atoms with E-state index in [1.54, 1.807) is 0 Å². The number of hydrogen-bond acceptors (Lipinski definition) is 10. The van der Waals surface area contributed by atoms with Crippen LogP contribution in [0.15, 0.2) is 23.1 Å². The average molecular weight is 591 g/mol. The number of benzene rings is 1. The molecule has 2 aromatic rings. The Morgan fingerprint density at radius 3 is 2.50 bits per heavy atom. The molecule has 0 bridgehead atoms. The van der Waals surface area contributed by atoms with Gasteiger partial charge >= 0.3 is 11.7 Å². The zero-order chi connectivity index (χ0) is 30.9. The third-order valence-electron chi connectivity index (χ3n) is 7.00. The van der Waals surface area contributed by atoms with Gasteiger partial charge in [0, 0.05) is 24.6 Å². The fourth-order valence-electron chi connectivity index (χ4n) is 4.90.